The number of esters is 2. The predicted molar refractivity (Wildman–Crippen MR) is 220 cm³/mol. The SMILES string of the molecule is CCCCC/C=C/C/C=C/CCCCCCCCCC(=O)OC[C@H](CO[C@H]1O[C@H](CS(=O)(=O)O)[C@@H](O)C(O)C1O)OC(=O)CCCCCCCCCCCCC. The number of aliphatic hydroxyl groups is 3. The van der Waals surface area contributed by atoms with Gasteiger partial charge in [-0.1, -0.05) is 147 Å². The van der Waals surface area contributed by atoms with Crippen LogP contribution in [0.15, 0.2) is 24.3 Å². The van der Waals surface area contributed by atoms with Crippen molar-refractivity contribution in [3.05, 3.63) is 24.3 Å². The van der Waals surface area contributed by atoms with Crippen molar-refractivity contribution < 1.29 is 56.8 Å². The quantitative estimate of drug-likeness (QED) is 0.0205. The van der Waals surface area contributed by atoms with E-state index in [0.717, 1.165) is 57.8 Å². The maximum absolute atomic E-state index is 12.8. The fraction of sp³-hybridized carbons (Fsp3) is 0.860. The summed E-state index contributed by atoms with van der Waals surface area (Å²) in [6, 6.07) is 0. The molecular formula is C43H78O12S. The van der Waals surface area contributed by atoms with Gasteiger partial charge in [0.2, 0.25) is 0 Å². The molecule has 0 aliphatic carbocycles. The van der Waals surface area contributed by atoms with Crippen molar-refractivity contribution in [2.75, 3.05) is 19.0 Å². The fourth-order valence-electron chi connectivity index (χ4n) is 6.59. The fourth-order valence-corrected chi connectivity index (χ4v) is 7.28. The summed E-state index contributed by atoms with van der Waals surface area (Å²) in [7, 11) is -4.60. The van der Waals surface area contributed by atoms with E-state index < -0.39 is 71.2 Å². The van der Waals surface area contributed by atoms with Gasteiger partial charge in [0.15, 0.2) is 12.4 Å². The molecule has 0 radical (unpaired) electrons. The smallest absolute Gasteiger partial charge is 0.306 e. The summed E-state index contributed by atoms with van der Waals surface area (Å²) in [6.45, 7) is 3.71. The third-order valence-corrected chi connectivity index (χ3v) is 10.8. The monoisotopic (exact) mass is 819 g/mol. The lowest BCUT2D eigenvalue weighted by molar-refractivity contribution is -0.297. The average molecular weight is 819 g/mol. The number of rotatable bonds is 36. The van der Waals surface area contributed by atoms with E-state index in [1.165, 1.54) is 83.5 Å². The molecular weight excluding hydrogens is 741 g/mol. The standard InChI is InChI=1S/C43H78O12S/c1-3-5-7-9-11-13-15-16-17-18-19-20-22-23-25-27-29-31-38(44)52-33-36(54-39(45)32-30-28-26-24-21-14-12-10-8-6-4-2)34-53-43-42(48)41(47)40(46)37(55-43)35-56(49,50)51/h11,13,16-17,36-37,40-43,46-48H,3-10,12,14-15,18-35H2,1-2H3,(H,49,50,51)/b13-11+,17-16+/t36-,37-,40-,41?,42?,43+/m1/s1. The molecule has 1 heterocycles. The van der Waals surface area contributed by atoms with E-state index in [-0.39, 0.29) is 19.4 Å². The van der Waals surface area contributed by atoms with E-state index >= 15 is 0 Å². The second-order valence-electron chi connectivity index (χ2n) is 15.4. The van der Waals surface area contributed by atoms with E-state index in [1.54, 1.807) is 0 Å². The van der Waals surface area contributed by atoms with Crippen LogP contribution < -0.4 is 0 Å². The number of hydrogen-bond donors (Lipinski definition) is 4. The Morgan fingerprint density at radius 1 is 0.607 bits per heavy atom. The van der Waals surface area contributed by atoms with Gasteiger partial charge in [-0.15, -0.1) is 0 Å². The third-order valence-electron chi connectivity index (χ3n) is 10.0. The van der Waals surface area contributed by atoms with Crippen LogP contribution in [0.5, 0.6) is 0 Å². The molecule has 1 fully saturated rings. The van der Waals surface area contributed by atoms with Gasteiger partial charge in [0.25, 0.3) is 10.1 Å². The Kier molecular flexibility index (Phi) is 31.7. The van der Waals surface area contributed by atoms with Gasteiger partial charge in [0.1, 0.15) is 36.8 Å². The van der Waals surface area contributed by atoms with Crippen molar-refractivity contribution in [1.82, 2.24) is 0 Å². The van der Waals surface area contributed by atoms with Crippen LogP contribution in [-0.2, 0) is 38.7 Å². The molecule has 0 aromatic heterocycles. The van der Waals surface area contributed by atoms with E-state index in [4.69, 9.17) is 18.9 Å². The Bertz CT molecular complexity index is 1140. The third kappa shape index (κ3) is 28.5. The van der Waals surface area contributed by atoms with Gasteiger partial charge >= 0.3 is 11.9 Å². The summed E-state index contributed by atoms with van der Waals surface area (Å²) < 4.78 is 53.9. The van der Waals surface area contributed by atoms with E-state index in [2.05, 4.69) is 38.2 Å². The molecule has 0 aromatic carbocycles. The Morgan fingerprint density at radius 3 is 1.61 bits per heavy atom. The van der Waals surface area contributed by atoms with Crippen molar-refractivity contribution in [3.63, 3.8) is 0 Å². The summed E-state index contributed by atoms with van der Waals surface area (Å²) in [5, 5.41) is 30.8. The van der Waals surface area contributed by atoms with Crippen molar-refractivity contribution in [2.45, 2.75) is 218 Å². The van der Waals surface area contributed by atoms with Gasteiger partial charge < -0.3 is 34.3 Å². The van der Waals surface area contributed by atoms with Gasteiger partial charge in [0.05, 0.1) is 6.61 Å². The second kappa shape index (κ2) is 34.0. The molecule has 2 unspecified atom stereocenters. The van der Waals surface area contributed by atoms with Crippen LogP contribution in [0.1, 0.15) is 181 Å². The highest BCUT2D eigenvalue weighted by Gasteiger charge is 2.46. The molecule has 0 amide bonds. The number of hydrogen-bond acceptors (Lipinski definition) is 11. The van der Waals surface area contributed by atoms with Crippen LogP contribution in [-0.4, -0.2) is 96.0 Å². The molecule has 0 bridgehead atoms. The maximum Gasteiger partial charge on any atom is 0.306 e. The van der Waals surface area contributed by atoms with Crippen molar-refractivity contribution in [1.29, 1.82) is 0 Å². The number of allylic oxidation sites excluding steroid dienone is 4. The molecule has 1 aliphatic heterocycles. The minimum Gasteiger partial charge on any atom is -0.462 e. The molecule has 0 saturated carbocycles. The number of unbranched alkanes of at least 4 members (excludes halogenated alkanes) is 20. The van der Waals surface area contributed by atoms with E-state index in [0.29, 0.717) is 12.8 Å². The van der Waals surface area contributed by atoms with Crippen LogP contribution in [0.3, 0.4) is 0 Å². The molecule has 12 nitrogen and oxygen atoms in total. The van der Waals surface area contributed by atoms with Gasteiger partial charge in [-0.25, -0.2) is 0 Å². The number of aliphatic hydroxyl groups excluding tert-OH is 3. The zero-order valence-electron chi connectivity index (χ0n) is 34.7. The lowest BCUT2D eigenvalue weighted by atomic mass is 10.00. The number of carbonyl (C=O) groups excluding carboxylic acids is 2. The minimum atomic E-state index is -4.60. The van der Waals surface area contributed by atoms with E-state index in [1.807, 2.05) is 0 Å². The summed E-state index contributed by atoms with van der Waals surface area (Å²) in [5.74, 6) is -1.99. The molecule has 1 aliphatic rings. The molecule has 4 N–H and O–H groups in total. The van der Waals surface area contributed by atoms with Crippen LogP contribution in [0.4, 0.5) is 0 Å². The first kappa shape index (κ1) is 52.1. The van der Waals surface area contributed by atoms with Gasteiger partial charge in [0, 0.05) is 12.8 Å². The van der Waals surface area contributed by atoms with Gasteiger partial charge in [-0.05, 0) is 44.9 Å². The summed E-state index contributed by atoms with van der Waals surface area (Å²) in [4.78, 5) is 25.3. The van der Waals surface area contributed by atoms with Gasteiger partial charge in [-0.3, -0.25) is 14.1 Å². The number of ether oxygens (including phenoxy) is 4. The average Bonchev–Trinajstić information content (AvgIpc) is 3.16. The molecule has 328 valence electrons. The molecule has 56 heavy (non-hydrogen) atoms. The molecule has 0 aromatic rings. The Balaban J connectivity index is 2.44. The minimum absolute atomic E-state index is 0.166. The van der Waals surface area contributed by atoms with Crippen molar-refractivity contribution >= 4 is 22.1 Å². The molecule has 6 atom stereocenters. The summed E-state index contributed by atoms with van der Waals surface area (Å²) >= 11 is 0. The highest BCUT2D eigenvalue weighted by molar-refractivity contribution is 7.85. The van der Waals surface area contributed by atoms with Crippen LogP contribution in [0.25, 0.3) is 0 Å². The zero-order chi connectivity index (χ0) is 41.3. The highest BCUT2D eigenvalue weighted by atomic mass is 32.2. The topological polar surface area (TPSA) is 186 Å². The first-order chi connectivity index (χ1) is 27.0. The Hall–Kier alpha value is -1.87. The maximum atomic E-state index is 12.8. The van der Waals surface area contributed by atoms with Crippen LogP contribution in [0, 0.1) is 0 Å². The highest BCUT2D eigenvalue weighted by Crippen LogP contribution is 2.24. The zero-order valence-corrected chi connectivity index (χ0v) is 35.6. The molecule has 0 spiro atoms. The number of carbonyl (C=O) groups is 2. The lowest BCUT2D eigenvalue weighted by Gasteiger charge is -2.40. The first-order valence-corrected chi connectivity index (χ1v) is 23.5. The largest absolute Gasteiger partial charge is 0.462 e. The van der Waals surface area contributed by atoms with Gasteiger partial charge in [-0.2, -0.15) is 8.42 Å². The predicted octanol–water partition coefficient (Wildman–Crippen LogP) is 8.45. The van der Waals surface area contributed by atoms with Crippen LogP contribution >= 0.6 is 0 Å². The first-order valence-electron chi connectivity index (χ1n) is 21.9. The second-order valence-corrected chi connectivity index (χ2v) is 16.9. The molecule has 1 rings (SSSR count). The molecule has 13 heteroatoms. The normalized spacial score (nSPS) is 20.9. The van der Waals surface area contributed by atoms with Crippen molar-refractivity contribution in [2.24, 2.45) is 0 Å². The molecule has 1 saturated heterocycles. The Morgan fingerprint density at radius 2 is 1.07 bits per heavy atom. The Labute approximate surface area is 338 Å². The van der Waals surface area contributed by atoms with Crippen molar-refractivity contribution in [3.8, 4) is 0 Å². The van der Waals surface area contributed by atoms with Crippen LogP contribution in [0.2, 0.25) is 0 Å². The summed E-state index contributed by atoms with van der Waals surface area (Å²) in [6.07, 6.45) is 26.5. The van der Waals surface area contributed by atoms with E-state index in [9.17, 15) is 37.9 Å². The lowest BCUT2D eigenvalue weighted by Crippen LogP contribution is -2.60. The summed E-state index contributed by atoms with van der Waals surface area (Å²) in [5.41, 5.74) is 0.